The summed E-state index contributed by atoms with van der Waals surface area (Å²) in [6.07, 6.45) is 0. The number of methoxy groups -OCH3 is 1. The predicted octanol–water partition coefficient (Wildman–Crippen LogP) is 10.5. The molecule has 0 aliphatic carbocycles. The maximum atomic E-state index is 5.92. The van der Waals surface area contributed by atoms with E-state index in [1.165, 1.54) is 50.1 Å². The van der Waals surface area contributed by atoms with Crippen molar-refractivity contribution in [1.82, 2.24) is 0 Å². The molecule has 0 saturated carbocycles. The highest BCUT2D eigenvalue weighted by Gasteiger charge is 2.25. The van der Waals surface area contributed by atoms with Crippen molar-refractivity contribution < 1.29 is 4.74 Å². The molecule has 0 bridgehead atoms. The van der Waals surface area contributed by atoms with Crippen LogP contribution in [-0.2, 0) is 21.7 Å². The second-order valence-corrected chi connectivity index (χ2v) is 14.9. The molecule has 3 rings (SSSR count). The first-order valence-corrected chi connectivity index (χ1v) is 13.7. The molecule has 0 radical (unpaired) electrons. The Kier molecular flexibility index (Phi) is 7.57. The summed E-state index contributed by atoms with van der Waals surface area (Å²) in [6, 6.07) is 18.7. The molecule has 0 aliphatic rings. The Balaban J connectivity index is 2.45. The monoisotopic (exact) mass is 498 g/mol. The standard InChI is InChI=1S/C36H50O/c1-23-29(24-17-26(34(5,6)7)19-27(18-24)35(8,9)10)21-28(36(11,12)13)22-30(23)31-20-25(33(2,3)4)15-16-32(31)37-14/h15-22H,1-14H3. The van der Waals surface area contributed by atoms with Gasteiger partial charge in [-0.25, -0.2) is 0 Å². The van der Waals surface area contributed by atoms with E-state index >= 15 is 0 Å². The van der Waals surface area contributed by atoms with Crippen molar-refractivity contribution in [2.45, 2.75) is 112 Å². The SMILES string of the molecule is COc1ccc(C(C)(C)C)cc1-c1cc(C(C)(C)C)cc(-c2cc(C(C)(C)C)cc(C(C)(C)C)c2)c1C. The molecule has 0 N–H and O–H groups in total. The fraction of sp³-hybridized carbons (Fsp3) is 0.500. The third-order valence-electron chi connectivity index (χ3n) is 7.61. The fourth-order valence-electron chi connectivity index (χ4n) is 4.76. The van der Waals surface area contributed by atoms with Gasteiger partial charge in [0.1, 0.15) is 5.75 Å². The van der Waals surface area contributed by atoms with Crippen LogP contribution in [0.3, 0.4) is 0 Å². The zero-order valence-electron chi connectivity index (χ0n) is 26.0. The molecule has 0 saturated heterocycles. The van der Waals surface area contributed by atoms with Crippen LogP contribution in [0.2, 0.25) is 0 Å². The van der Waals surface area contributed by atoms with Crippen LogP contribution in [0.15, 0.2) is 48.5 Å². The minimum atomic E-state index is 0.0145. The van der Waals surface area contributed by atoms with Gasteiger partial charge in [0.15, 0.2) is 0 Å². The van der Waals surface area contributed by atoms with Gasteiger partial charge in [0, 0.05) is 5.56 Å². The van der Waals surface area contributed by atoms with Crippen molar-refractivity contribution in [3.63, 3.8) is 0 Å². The van der Waals surface area contributed by atoms with Crippen LogP contribution in [0.5, 0.6) is 5.75 Å². The van der Waals surface area contributed by atoms with Crippen molar-refractivity contribution in [3.05, 3.63) is 76.3 Å². The van der Waals surface area contributed by atoms with Crippen molar-refractivity contribution in [2.75, 3.05) is 7.11 Å². The smallest absolute Gasteiger partial charge is 0.126 e. The third-order valence-corrected chi connectivity index (χ3v) is 7.61. The molecule has 0 aliphatic heterocycles. The van der Waals surface area contributed by atoms with Crippen LogP contribution >= 0.6 is 0 Å². The van der Waals surface area contributed by atoms with Crippen LogP contribution in [0.25, 0.3) is 22.3 Å². The van der Waals surface area contributed by atoms with E-state index in [9.17, 15) is 0 Å². The molecule has 0 fully saturated rings. The molecule has 0 atom stereocenters. The summed E-state index contributed by atoms with van der Waals surface area (Å²) < 4.78 is 5.92. The lowest BCUT2D eigenvalue weighted by Gasteiger charge is -2.28. The Morgan fingerprint density at radius 3 is 1.30 bits per heavy atom. The minimum absolute atomic E-state index is 0.0145. The lowest BCUT2D eigenvalue weighted by Crippen LogP contribution is -2.17. The zero-order chi connectivity index (χ0) is 28.1. The number of hydrogen-bond donors (Lipinski definition) is 0. The van der Waals surface area contributed by atoms with Gasteiger partial charge in [-0.2, -0.15) is 0 Å². The maximum absolute atomic E-state index is 5.92. The molecule has 0 aromatic heterocycles. The molecule has 0 unspecified atom stereocenters. The van der Waals surface area contributed by atoms with Crippen LogP contribution in [0.4, 0.5) is 0 Å². The lowest BCUT2D eigenvalue weighted by molar-refractivity contribution is 0.416. The normalized spacial score (nSPS) is 13.1. The van der Waals surface area contributed by atoms with E-state index in [0.29, 0.717) is 0 Å². The van der Waals surface area contributed by atoms with E-state index in [1.54, 1.807) is 7.11 Å². The van der Waals surface area contributed by atoms with Gasteiger partial charge in [0.25, 0.3) is 0 Å². The topological polar surface area (TPSA) is 9.23 Å². The summed E-state index contributed by atoms with van der Waals surface area (Å²) in [7, 11) is 1.78. The van der Waals surface area contributed by atoms with E-state index < -0.39 is 0 Å². The van der Waals surface area contributed by atoms with Crippen molar-refractivity contribution >= 4 is 0 Å². The molecule has 0 spiro atoms. The first-order chi connectivity index (χ1) is 16.7. The molecule has 3 aromatic rings. The van der Waals surface area contributed by atoms with Gasteiger partial charge in [0.05, 0.1) is 7.11 Å². The van der Waals surface area contributed by atoms with Crippen molar-refractivity contribution in [1.29, 1.82) is 0 Å². The Labute approximate surface area is 227 Å². The second kappa shape index (κ2) is 9.64. The highest BCUT2D eigenvalue weighted by molar-refractivity contribution is 5.83. The first-order valence-electron chi connectivity index (χ1n) is 13.7. The molecule has 37 heavy (non-hydrogen) atoms. The molecule has 200 valence electrons. The molecule has 3 aromatic carbocycles. The van der Waals surface area contributed by atoms with Crippen LogP contribution in [-0.4, -0.2) is 7.11 Å². The van der Waals surface area contributed by atoms with Crippen LogP contribution < -0.4 is 4.74 Å². The van der Waals surface area contributed by atoms with Crippen LogP contribution in [0, 0.1) is 6.92 Å². The number of rotatable bonds is 3. The molecular formula is C36H50O. The van der Waals surface area contributed by atoms with Gasteiger partial charge >= 0.3 is 0 Å². The summed E-state index contributed by atoms with van der Waals surface area (Å²) in [4.78, 5) is 0. The number of benzene rings is 3. The van der Waals surface area contributed by atoms with Gasteiger partial charge in [-0.1, -0.05) is 119 Å². The second-order valence-electron chi connectivity index (χ2n) is 14.9. The summed E-state index contributed by atoms with van der Waals surface area (Å²) in [5, 5.41) is 0. The molecule has 0 heterocycles. The first kappa shape index (κ1) is 29.0. The summed E-state index contributed by atoms with van der Waals surface area (Å²) in [6.45, 7) is 29.9. The average molecular weight is 499 g/mol. The quantitative estimate of drug-likeness (QED) is 0.349. The highest BCUT2D eigenvalue weighted by atomic mass is 16.5. The van der Waals surface area contributed by atoms with E-state index in [1.807, 2.05) is 0 Å². The van der Waals surface area contributed by atoms with E-state index in [4.69, 9.17) is 4.74 Å². The Hall–Kier alpha value is -2.54. The Morgan fingerprint density at radius 2 is 0.865 bits per heavy atom. The Bertz CT molecular complexity index is 1250. The predicted molar refractivity (Wildman–Crippen MR) is 163 cm³/mol. The van der Waals surface area contributed by atoms with E-state index in [0.717, 1.165) is 5.75 Å². The average Bonchev–Trinajstić information content (AvgIpc) is 2.76. The maximum Gasteiger partial charge on any atom is 0.126 e. The van der Waals surface area contributed by atoms with Gasteiger partial charge in [0.2, 0.25) is 0 Å². The van der Waals surface area contributed by atoms with Crippen LogP contribution in [0.1, 0.15) is 111 Å². The number of ether oxygens (including phenoxy) is 1. The fourth-order valence-corrected chi connectivity index (χ4v) is 4.76. The summed E-state index contributed by atoms with van der Waals surface area (Å²) in [5.74, 6) is 0.923. The zero-order valence-corrected chi connectivity index (χ0v) is 26.0. The summed E-state index contributed by atoms with van der Waals surface area (Å²) in [5.41, 5.74) is 11.9. The highest BCUT2D eigenvalue weighted by Crippen LogP contribution is 2.43. The molecule has 1 heteroatoms. The van der Waals surface area contributed by atoms with E-state index in [2.05, 4.69) is 139 Å². The Morgan fingerprint density at radius 1 is 0.459 bits per heavy atom. The van der Waals surface area contributed by atoms with Gasteiger partial charge in [-0.3, -0.25) is 0 Å². The largest absolute Gasteiger partial charge is 0.496 e. The van der Waals surface area contributed by atoms with Gasteiger partial charge in [-0.15, -0.1) is 0 Å². The molecule has 1 nitrogen and oxygen atoms in total. The summed E-state index contributed by atoms with van der Waals surface area (Å²) >= 11 is 0. The third kappa shape index (κ3) is 6.31. The van der Waals surface area contributed by atoms with Gasteiger partial charge < -0.3 is 4.74 Å². The van der Waals surface area contributed by atoms with E-state index in [-0.39, 0.29) is 21.7 Å². The minimum Gasteiger partial charge on any atom is -0.496 e. The van der Waals surface area contributed by atoms with Crippen molar-refractivity contribution in [2.24, 2.45) is 0 Å². The lowest BCUT2D eigenvalue weighted by atomic mass is 9.76. The number of hydrogen-bond acceptors (Lipinski definition) is 1. The molecule has 0 amide bonds. The molecular weight excluding hydrogens is 448 g/mol. The van der Waals surface area contributed by atoms with Gasteiger partial charge in [-0.05, 0) is 85.2 Å². The van der Waals surface area contributed by atoms with Crippen molar-refractivity contribution in [3.8, 4) is 28.0 Å².